The number of aromatic nitrogens is 1. The van der Waals surface area contributed by atoms with E-state index < -0.39 is 0 Å². The van der Waals surface area contributed by atoms with E-state index in [1.54, 1.807) is 0 Å². The molecule has 2 aromatic rings. The van der Waals surface area contributed by atoms with Gasteiger partial charge in [-0.3, -0.25) is 19.6 Å². The lowest BCUT2D eigenvalue weighted by Crippen LogP contribution is -2.28. The maximum absolute atomic E-state index is 12.5. The number of aliphatic imine (C=N–C) groups is 1. The van der Waals surface area contributed by atoms with Crippen molar-refractivity contribution in [3.05, 3.63) is 64.5 Å². The molecule has 1 aromatic heterocycles. The molecule has 1 amide bonds. The van der Waals surface area contributed by atoms with Gasteiger partial charge in [-0.25, -0.2) is 0 Å². The van der Waals surface area contributed by atoms with Gasteiger partial charge in [-0.1, -0.05) is 37.3 Å². The number of carbonyl (C=O) groups excluding carboxylic acids is 2. The fourth-order valence-electron chi connectivity index (χ4n) is 3.38. The van der Waals surface area contributed by atoms with Crippen LogP contribution in [0.15, 0.2) is 41.4 Å². The number of amidine groups is 1. The van der Waals surface area contributed by atoms with Crippen LogP contribution in [0, 0.1) is 6.92 Å². The van der Waals surface area contributed by atoms with Crippen LogP contribution in [0.3, 0.4) is 0 Å². The summed E-state index contributed by atoms with van der Waals surface area (Å²) in [6, 6.07) is 12.0. The summed E-state index contributed by atoms with van der Waals surface area (Å²) in [6.07, 6.45) is 0.816. The molecule has 1 aromatic carbocycles. The van der Waals surface area contributed by atoms with Gasteiger partial charge in [0.05, 0.1) is 6.54 Å². The number of hydrogen-bond donors (Lipinski definition) is 1. The summed E-state index contributed by atoms with van der Waals surface area (Å²) in [5, 5.41) is 2.75. The van der Waals surface area contributed by atoms with Crippen molar-refractivity contribution in [1.29, 1.82) is 0 Å². The van der Waals surface area contributed by atoms with Gasteiger partial charge in [-0.15, -0.1) is 0 Å². The normalized spacial score (nSPS) is 13.7. The van der Waals surface area contributed by atoms with Crippen molar-refractivity contribution in [3.8, 4) is 0 Å². The lowest BCUT2D eigenvalue weighted by Gasteiger charge is -2.12. The molecule has 0 radical (unpaired) electrons. The molecule has 5 nitrogen and oxygen atoms in total. The predicted molar refractivity (Wildman–Crippen MR) is 101 cm³/mol. The Bertz CT molecular complexity index is 872. The first kappa shape index (κ1) is 18.0. The highest BCUT2D eigenvalue weighted by Gasteiger charge is 2.22. The molecule has 0 bridgehead atoms. The number of Topliss-reactive ketones (excluding diaryl/α,β-unsaturated/α-hetero) is 1. The van der Waals surface area contributed by atoms with Crippen molar-refractivity contribution in [2.45, 2.75) is 46.1 Å². The van der Waals surface area contributed by atoms with Crippen LogP contribution in [0.2, 0.25) is 0 Å². The number of benzene rings is 1. The molecule has 0 saturated carbocycles. The fourth-order valence-corrected chi connectivity index (χ4v) is 3.38. The Hall–Kier alpha value is -2.82. The summed E-state index contributed by atoms with van der Waals surface area (Å²) >= 11 is 0. The van der Waals surface area contributed by atoms with Gasteiger partial charge in [0.2, 0.25) is 5.91 Å². The molecule has 0 unspecified atom stereocenters. The number of nitrogens with one attached hydrogen (secondary N) is 1. The maximum Gasteiger partial charge on any atom is 0.222 e. The average Bonchev–Trinajstić information content (AvgIpc) is 2.98. The van der Waals surface area contributed by atoms with E-state index in [1.165, 1.54) is 12.5 Å². The molecular weight excluding hydrogens is 326 g/mol. The monoisotopic (exact) mass is 349 g/mol. The topological polar surface area (TPSA) is 71.4 Å². The third-order valence-electron chi connectivity index (χ3n) is 4.55. The number of ketones is 1. The van der Waals surface area contributed by atoms with Crippen LogP contribution in [0.5, 0.6) is 0 Å². The molecule has 2 heterocycles. The molecule has 0 saturated heterocycles. The van der Waals surface area contributed by atoms with Gasteiger partial charge < -0.3 is 5.32 Å². The quantitative estimate of drug-likeness (QED) is 0.902. The van der Waals surface area contributed by atoms with Crippen LogP contribution in [-0.2, 0) is 22.6 Å². The SMILES string of the molecule is CC(=O)NC1=NCc2cc(CC(=O)C[C@H](C)c3ccccc3)nc(C)c21. The lowest BCUT2D eigenvalue weighted by atomic mass is 9.94. The second-order valence-electron chi connectivity index (χ2n) is 6.81. The summed E-state index contributed by atoms with van der Waals surface area (Å²) in [6.45, 7) is 5.93. The maximum atomic E-state index is 12.5. The summed E-state index contributed by atoms with van der Waals surface area (Å²) < 4.78 is 0. The Kier molecular flexibility index (Phi) is 5.26. The van der Waals surface area contributed by atoms with Gasteiger partial charge in [0.25, 0.3) is 0 Å². The number of nitrogens with zero attached hydrogens (tertiary/aromatic N) is 2. The van der Waals surface area contributed by atoms with Crippen molar-refractivity contribution >= 4 is 17.5 Å². The number of pyridine rings is 1. The zero-order valence-electron chi connectivity index (χ0n) is 15.4. The second kappa shape index (κ2) is 7.60. The van der Waals surface area contributed by atoms with Gasteiger partial charge in [-0.05, 0) is 30.0 Å². The Labute approximate surface area is 153 Å². The fraction of sp³-hybridized carbons (Fsp3) is 0.333. The number of hydrogen-bond acceptors (Lipinski definition) is 4. The van der Waals surface area contributed by atoms with E-state index in [0.29, 0.717) is 25.2 Å². The van der Waals surface area contributed by atoms with Crippen LogP contribution >= 0.6 is 0 Å². The van der Waals surface area contributed by atoms with Gasteiger partial charge >= 0.3 is 0 Å². The number of aryl methyl sites for hydroxylation is 1. The van der Waals surface area contributed by atoms with Crippen LogP contribution in [0.1, 0.15) is 54.3 Å². The van der Waals surface area contributed by atoms with Crippen LogP contribution in [-0.4, -0.2) is 22.5 Å². The third kappa shape index (κ3) is 4.04. The first-order valence-electron chi connectivity index (χ1n) is 8.82. The standard InChI is InChI=1S/C21H23N3O2/c1-13(16-7-5-4-6-8-16)9-19(26)11-18-10-17-12-22-21(24-15(3)25)20(17)14(2)23-18/h4-8,10,13H,9,11-12H2,1-3H3,(H,22,24,25)/t13-/m0/s1. The molecule has 134 valence electrons. The Morgan fingerprint density at radius 2 is 1.96 bits per heavy atom. The molecule has 1 aliphatic heterocycles. The van der Waals surface area contributed by atoms with E-state index in [9.17, 15) is 9.59 Å². The zero-order chi connectivity index (χ0) is 18.7. The molecule has 5 heteroatoms. The van der Waals surface area contributed by atoms with Gasteiger partial charge in [0.15, 0.2) is 0 Å². The number of carbonyl (C=O) groups is 2. The highest BCUT2D eigenvalue weighted by Crippen LogP contribution is 2.23. The van der Waals surface area contributed by atoms with Crippen LogP contribution in [0.25, 0.3) is 0 Å². The van der Waals surface area contributed by atoms with E-state index in [1.807, 2.05) is 31.2 Å². The number of fused-ring (bicyclic) bond motifs is 1. The molecule has 0 fully saturated rings. The molecule has 0 aliphatic carbocycles. The Morgan fingerprint density at radius 3 is 2.65 bits per heavy atom. The van der Waals surface area contributed by atoms with E-state index >= 15 is 0 Å². The molecular formula is C21H23N3O2. The zero-order valence-corrected chi connectivity index (χ0v) is 15.4. The minimum absolute atomic E-state index is 0.148. The first-order valence-corrected chi connectivity index (χ1v) is 8.82. The van der Waals surface area contributed by atoms with Crippen molar-refractivity contribution in [2.75, 3.05) is 0 Å². The van der Waals surface area contributed by atoms with Gasteiger partial charge in [0, 0.05) is 36.7 Å². The van der Waals surface area contributed by atoms with E-state index in [-0.39, 0.29) is 17.6 Å². The van der Waals surface area contributed by atoms with Crippen molar-refractivity contribution in [1.82, 2.24) is 10.3 Å². The van der Waals surface area contributed by atoms with Gasteiger partial charge in [-0.2, -0.15) is 0 Å². The highest BCUT2D eigenvalue weighted by molar-refractivity contribution is 6.10. The van der Waals surface area contributed by atoms with E-state index in [0.717, 1.165) is 22.5 Å². The molecule has 0 spiro atoms. The molecule has 1 atom stereocenters. The van der Waals surface area contributed by atoms with Crippen LogP contribution < -0.4 is 5.32 Å². The molecule has 3 rings (SSSR count). The Balaban J connectivity index is 1.69. The number of amides is 1. The van der Waals surface area contributed by atoms with E-state index in [4.69, 9.17) is 0 Å². The highest BCUT2D eigenvalue weighted by atomic mass is 16.1. The summed E-state index contributed by atoms with van der Waals surface area (Å²) in [4.78, 5) is 32.7. The summed E-state index contributed by atoms with van der Waals surface area (Å²) in [5.41, 5.74) is 4.64. The molecule has 1 aliphatic rings. The molecule has 1 N–H and O–H groups in total. The summed E-state index contributed by atoms with van der Waals surface area (Å²) in [7, 11) is 0. The largest absolute Gasteiger partial charge is 0.311 e. The predicted octanol–water partition coefficient (Wildman–Crippen LogP) is 3.09. The smallest absolute Gasteiger partial charge is 0.222 e. The first-order chi connectivity index (χ1) is 12.4. The van der Waals surface area contributed by atoms with Gasteiger partial charge in [0.1, 0.15) is 11.6 Å². The Morgan fingerprint density at radius 1 is 1.23 bits per heavy atom. The third-order valence-corrected chi connectivity index (χ3v) is 4.55. The lowest BCUT2D eigenvalue weighted by molar-refractivity contribution is -0.119. The average molecular weight is 349 g/mol. The van der Waals surface area contributed by atoms with Crippen LogP contribution in [0.4, 0.5) is 0 Å². The summed E-state index contributed by atoms with van der Waals surface area (Å²) in [5.74, 6) is 0.793. The molecule has 26 heavy (non-hydrogen) atoms. The van der Waals surface area contributed by atoms with Crippen molar-refractivity contribution in [2.24, 2.45) is 4.99 Å². The van der Waals surface area contributed by atoms with Crippen molar-refractivity contribution in [3.63, 3.8) is 0 Å². The van der Waals surface area contributed by atoms with Crippen molar-refractivity contribution < 1.29 is 9.59 Å². The van der Waals surface area contributed by atoms with E-state index in [2.05, 4.69) is 34.3 Å². The minimum atomic E-state index is -0.148. The minimum Gasteiger partial charge on any atom is -0.311 e. The number of rotatable bonds is 5. The second-order valence-corrected chi connectivity index (χ2v) is 6.81.